The average Bonchev–Trinajstić information content (AvgIpc) is 3.23. The molecule has 186 valence electrons. The van der Waals surface area contributed by atoms with E-state index in [4.69, 9.17) is 11.6 Å². The molecule has 0 aliphatic carbocycles. The minimum atomic E-state index is -0.812. The fraction of sp³-hybridized carbons (Fsp3) is 0.120. The van der Waals surface area contributed by atoms with Gasteiger partial charge in [0.1, 0.15) is 5.82 Å². The second-order valence-electron chi connectivity index (χ2n) is 8.23. The van der Waals surface area contributed by atoms with Gasteiger partial charge in [-0.2, -0.15) is 10.1 Å². The van der Waals surface area contributed by atoms with E-state index in [9.17, 15) is 14.0 Å². The Morgan fingerprint density at radius 2 is 1.97 bits per heavy atom. The summed E-state index contributed by atoms with van der Waals surface area (Å²) in [5.41, 5.74) is 0.937. The number of benzene rings is 2. The molecule has 0 bridgehead atoms. The van der Waals surface area contributed by atoms with Crippen molar-refractivity contribution in [1.29, 1.82) is 0 Å². The number of aryl methyl sites for hydroxylation is 1. The molecule has 0 spiro atoms. The van der Waals surface area contributed by atoms with E-state index < -0.39 is 17.2 Å². The molecule has 5 aromatic rings. The van der Waals surface area contributed by atoms with Crippen LogP contribution in [-0.4, -0.2) is 42.1 Å². The highest BCUT2D eigenvalue weighted by molar-refractivity contribution is 6.30. The topological polar surface area (TPSA) is 112 Å². The van der Waals surface area contributed by atoms with Crippen LogP contribution in [0.5, 0.6) is 0 Å². The molecule has 5 rings (SSSR count). The van der Waals surface area contributed by atoms with E-state index in [1.54, 1.807) is 22.9 Å². The lowest BCUT2D eigenvalue weighted by molar-refractivity contribution is 0.622. The van der Waals surface area contributed by atoms with Crippen molar-refractivity contribution < 1.29 is 4.39 Å². The van der Waals surface area contributed by atoms with Gasteiger partial charge in [-0.3, -0.25) is 19.2 Å². The Bertz CT molecular complexity index is 1790. The summed E-state index contributed by atoms with van der Waals surface area (Å²) in [6.45, 7) is -0.0115. The summed E-state index contributed by atoms with van der Waals surface area (Å²) in [4.78, 5) is 38.7. The molecule has 10 nitrogen and oxygen atoms in total. The van der Waals surface area contributed by atoms with Crippen molar-refractivity contribution in [2.75, 3.05) is 12.4 Å². The van der Waals surface area contributed by atoms with Gasteiger partial charge in [0.2, 0.25) is 5.95 Å². The van der Waals surface area contributed by atoms with Crippen LogP contribution in [0, 0.1) is 5.82 Å². The minimum absolute atomic E-state index is 0.0115. The minimum Gasteiger partial charge on any atom is -0.325 e. The van der Waals surface area contributed by atoms with E-state index in [0.717, 1.165) is 15.5 Å². The number of nitrogens with one attached hydrogen (secondary N) is 1. The third-order valence-electron chi connectivity index (χ3n) is 5.56. The predicted octanol–water partition coefficient (Wildman–Crippen LogP) is 3.31. The normalized spacial score (nSPS) is 11.5. The van der Waals surface area contributed by atoms with Crippen molar-refractivity contribution in [2.45, 2.75) is 6.54 Å². The third kappa shape index (κ3) is 4.89. The summed E-state index contributed by atoms with van der Waals surface area (Å²) in [5, 5.41) is 8.55. The van der Waals surface area contributed by atoms with E-state index in [1.807, 2.05) is 25.4 Å². The zero-order valence-corrected chi connectivity index (χ0v) is 20.5. The molecular weight excluding hydrogens is 499 g/mol. The number of hydrogen-bond acceptors (Lipinski definition) is 7. The number of aliphatic imine (C=N–C) groups is 1. The van der Waals surface area contributed by atoms with E-state index in [0.29, 0.717) is 11.3 Å². The molecule has 3 heterocycles. The maximum atomic E-state index is 14.2. The molecule has 0 saturated heterocycles. The third-order valence-corrected chi connectivity index (χ3v) is 5.77. The predicted molar refractivity (Wildman–Crippen MR) is 140 cm³/mol. The van der Waals surface area contributed by atoms with Crippen LogP contribution in [0.1, 0.15) is 11.1 Å². The van der Waals surface area contributed by atoms with Crippen molar-refractivity contribution in [3.8, 4) is 5.69 Å². The molecule has 37 heavy (non-hydrogen) atoms. The zero-order chi connectivity index (χ0) is 26.1. The molecule has 0 fully saturated rings. The molecule has 0 radical (unpaired) electrons. The molecule has 12 heteroatoms. The highest BCUT2D eigenvalue weighted by Crippen LogP contribution is 2.21. The van der Waals surface area contributed by atoms with Crippen LogP contribution in [0.25, 0.3) is 16.6 Å². The first-order valence-corrected chi connectivity index (χ1v) is 11.5. The van der Waals surface area contributed by atoms with Gasteiger partial charge in [0.05, 0.1) is 29.0 Å². The Morgan fingerprint density at radius 3 is 2.76 bits per heavy atom. The summed E-state index contributed by atoms with van der Waals surface area (Å²) in [7, 11) is 3.35. The Hall–Kier alpha value is -4.64. The van der Waals surface area contributed by atoms with Gasteiger partial charge >= 0.3 is 11.4 Å². The second kappa shape index (κ2) is 9.78. The van der Waals surface area contributed by atoms with Crippen LogP contribution in [0.3, 0.4) is 0 Å². The first-order valence-electron chi connectivity index (χ1n) is 11.1. The summed E-state index contributed by atoms with van der Waals surface area (Å²) in [6, 6.07) is 11.3. The van der Waals surface area contributed by atoms with Crippen molar-refractivity contribution in [1.82, 2.24) is 28.9 Å². The number of pyridine rings is 1. The van der Waals surface area contributed by atoms with Crippen molar-refractivity contribution >= 4 is 40.4 Å². The Labute approximate surface area is 214 Å². The summed E-state index contributed by atoms with van der Waals surface area (Å²) in [5.74, 6) is -0.433. The molecule has 0 atom stereocenters. The molecule has 1 N–H and O–H groups in total. The van der Waals surface area contributed by atoms with Crippen LogP contribution in [0.4, 0.5) is 16.0 Å². The molecule has 0 saturated carbocycles. The van der Waals surface area contributed by atoms with Crippen molar-refractivity contribution in [3.63, 3.8) is 0 Å². The number of aromatic nitrogens is 6. The molecule has 2 aromatic carbocycles. The van der Waals surface area contributed by atoms with E-state index >= 15 is 0 Å². The average molecular weight is 519 g/mol. The van der Waals surface area contributed by atoms with Gasteiger partial charge in [0, 0.05) is 49.3 Å². The molecule has 0 aliphatic rings. The maximum absolute atomic E-state index is 14.2. The Balaban J connectivity index is 1.66. The molecule has 0 aliphatic heterocycles. The zero-order valence-electron chi connectivity index (χ0n) is 19.8. The number of fused-ring (bicyclic) bond motifs is 1. The van der Waals surface area contributed by atoms with E-state index in [2.05, 4.69) is 25.4 Å². The van der Waals surface area contributed by atoms with Crippen LogP contribution >= 0.6 is 11.6 Å². The first kappa shape index (κ1) is 24.1. The van der Waals surface area contributed by atoms with Crippen molar-refractivity contribution in [3.05, 3.63) is 104 Å². The Kier molecular flexibility index (Phi) is 6.36. The second-order valence-corrected chi connectivity index (χ2v) is 8.66. The van der Waals surface area contributed by atoms with Gasteiger partial charge in [-0.05, 0) is 42.0 Å². The van der Waals surface area contributed by atoms with Gasteiger partial charge < -0.3 is 5.32 Å². The largest absolute Gasteiger partial charge is 0.359 e. The smallest absolute Gasteiger partial charge is 0.325 e. The lowest BCUT2D eigenvalue weighted by Gasteiger charge is -2.16. The van der Waals surface area contributed by atoms with Gasteiger partial charge in [-0.15, -0.1) is 0 Å². The number of hydrogen-bond donors (Lipinski definition) is 1. The lowest BCUT2D eigenvalue weighted by Crippen LogP contribution is -2.41. The van der Waals surface area contributed by atoms with Crippen molar-refractivity contribution in [2.24, 2.45) is 12.0 Å². The lowest BCUT2D eigenvalue weighted by atomic mass is 10.1. The standard InChI is InChI=1S/C25H20ClFN8O2/c1-28-10-16-7-15(3-5-21(16)27)13-34-23(30-19-4-6-22-17(8-19)14-33(2)32-22)31-24(36)35(25(34)37)20-9-18(26)11-29-12-20/h3-12,14H,13H2,1-2H3,(H,30,31,36). The maximum Gasteiger partial charge on any atom is 0.359 e. The van der Waals surface area contributed by atoms with Gasteiger partial charge in [-0.1, -0.05) is 17.7 Å². The highest BCUT2D eigenvalue weighted by Gasteiger charge is 2.17. The van der Waals surface area contributed by atoms with E-state index in [-0.39, 0.29) is 28.8 Å². The summed E-state index contributed by atoms with van der Waals surface area (Å²) < 4.78 is 18.0. The number of anilines is 2. The molecular formula is C25H20ClFN8O2. The molecule has 0 amide bonds. The van der Waals surface area contributed by atoms with Gasteiger partial charge in [0.25, 0.3) is 0 Å². The van der Waals surface area contributed by atoms with Crippen LogP contribution < -0.4 is 16.7 Å². The van der Waals surface area contributed by atoms with Gasteiger partial charge in [-0.25, -0.2) is 18.5 Å². The SMILES string of the molecule is CN=Cc1cc(Cn2c(Nc3ccc4nn(C)cc4c3)nc(=O)n(-c3cncc(Cl)c3)c2=O)ccc1F. The fourth-order valence-electron chi connectivity index (χ4n) is 3.94. The molecule has 0 unspecified atom stereocenters. The first-order chi connectivity index (χ1) is 17.8. The number of nitrogens with zero attached hydrogens (tertiary/aromatic N) is 7. The monoisotopic (exact) mass is 518 g/mol. The highest BCUT2D eigenvalue weighted by atomic mass is 35.5. The Morgan fingerprint density at radius 1 is 1.14 bits per heavy atom. The van der Waals surface area contributed by atoms with Crippen LogP contribution in [0.15, 0.2) is 75.6 Å². The summed E-state index contributed by atoms with van der Waals surface area (Å²) >= 11 is 6.04. The number of rotatable bonds is 6. The van der Waals surface area contributed by atoms with E-state index in [1.165, 1.54) is 42.4 Å². The fourth-order valence-corrected chi connectivity index (χ4v) is 4.11. The number of halogens is 2. The van der Waals surface area contributed by atoms with Crippen LogP contribution in [-0.2, 0) is 13.6 Å². The quantitative estimate of drug-likeness (QED) is 0.345. The van der Waals surface area contributed by atoms with Crippen LogP contribution in [0.2, 0.25) is 5.02 Å². The summed E-state index contributed by atoms with van der Waals surface area (Å²) in [6.07, 6.45) is 5.97. The molecule has 3 aromatic heterocycles. The van der Waals surface area contributed by atoms with Gasteiger partial charge in [0.15, 0.2) is 0 Å².